The summed E-state index contributed by atoms with van der Waals surface area (Å²) in [5, 5.41) is 3.41. The second-order valence-corrected chi connectivity index (χ2v) is 5.24. The number of nitrogens with one attached hydrogen (secondary N) is 1. The molecule has 2 heterocycles. The highest BCUT2D eigenvalue weighted by molar-refractivity contribution is 7.71. The van der Waals surface area contributed by atoms with Crippen LogP contribution in [0.2, 0.25) is 0 Å². The molecule has 1 N–H and O–H groups in total. The lowest BCUT2D eigenvalue weighted by Gasteiger charge is -2.03. The quantitative estimate of drug-likeness (QED) is 0.822. The molecule has 0 bridgehead atoms. The standard InChI is InChI=1S/C13H17N3S/c1-2-10-7-13(17)16-12(14-10)8-11(15-16)9-5-3-4-6-9/h7-9,15H,2-6H2,1H3. The van der Waals surface area contributed by atoms with Crippen LogP contribution in [-0.2, 0) is 6.42 Å². The van der Waals surface area contributed by atoms with Crippen LogP contribution in [0.1, 0.15) is 49.9 Å². The maximum absolute atomic E-state index is 5.39. The molecule has 1 fully saturated rings. The fourth-order valence-electron chi connectivity index (χ4n) is 2.69. The van der Waals surface area contributed by atoms with E-state index < -0.39 is 0 Å². The Morgan fingerprint density at radius 2 is 2.18 bits per heavy atom. The van der Waals surface area contributed by atoms with Crippen LogP contribution in [-0.4, -0.2) is 14.6 Å². The summed E-state index contributed by atoms with van der Waals surface area (Å²) in [7, 11) is 0. The molecule has 90 valence electrons. The minimum Gasteiger partial charge on any atom is -0.295 e. The van der Waals surface area contributed by atoms with Gasteiger partial charge in [0.2, 0.25) is 0 Å². The predicted octanol–water partition coefficient (Wildman–Crippen LogP) is 3.61. The molecular formula is C13H17N3S. The van der Waals surface area contributed by atoms with Crippen molar-refractivity contribution in [3.8, 4) is 0 Å². The summed E-state index contributed by atoms with van der Waals surface area (Å²) in [6.07, 6.45) is 6.21. The fourth-order valence-corrected chi connectivity index (χ4v) is 2.96. The van der Waals surface area contributed by atoms with Gasteiger partial charge in [0, 0.05) is 23.4 Å². The van der Waals surface area contributed by atoms with Crippen molar-refractivity contribution >= 4 is 17.9 Å². The molecule has 0 aromatic carbocycles. The Hall–Kier alpha value is -1.16. The topological polar surface area (TPSA) is 33.1 Å². The zero-order chi connectivity index (χ0) is 11.8. The summed E-state index contributed by atoms with van der Waals surface area (Å²) >= 11 is 5.39. The molecule has 0 unspecified atom stereocenters. The van der Waals surface area contributed by atoms with Crippen molar-refractivity contribution in [1.29, 1.82) is 0 Å². The number of aromatic nitrogens is 3. The summed E-state index contributed by atoms with van der Waals surface area (Å²) in [6, 6.07) is 4.15. The van der Waals surface area contributed by atoms with Crippen molar-refractivity contribution in [3.05, 3.63) is 28.2 Å². The van der Waals surface area contributed by atoms with Crippen molar-refractivity contribution in [3.63, 3.8) is 0 Å². The number of hydrogen-bond donors (Lipinski definition) is 1. The first-order valence-corrected chi connectivity index (χ1v) is 6.80. The van der Waals surface area contributed by atoms with Crippen LogP contribution in [0, 0.1) is 4.64 Å². The highest BCUT2D eigenvalue weighted by Crippen LogP contribution is 2.33. The number of hydrogen-bond acceptors (Lipinski definition) is 2. The van der Waals surface area contributed by atoms with Gasteiger partial charge in [-0.3, -0.25) is 5.10 Å². The van der Waals surface area contributed by atoms with Crippen molar-refractivity contribution in [2.75, 3.05) is 0 Å². The van der Waals surface area contributed by atoms with Gasteiger partial charge in [-0.1, -0.05) is 32.0 Å². The number of aromatic amines is 1. The van der Waals surface area contributed by atoms with E-state index in [-0.39, 0.29) is 0 Å². The monoisotopic (exact) mass is 247 g/mol. The average molecular weight is 247 g/mol. The molecule has 0 amide bonds. The van der Waals surface area contributed by atoms with Crippen LogP contribution in [0.3, 0.4) is 0 Å². The second kappa shape index (κ2) is 4.26. The lowest BCUT2D eigenvalue weighted by molar-refractivity contribution is 0.683. The first-order chi connectivity index (χ1) is 8.28. The van der Waals surface area contributed by atoms with Gasteiger partial charge in [-0.15, -0.1) is 0 Å². The number of fused-ring (bicyclic) bond motifs is 1. The molecule has 1 aliphatic rings. The lowest BCUT2D eigenvalue weighted by atomic mass is 10.1. The molecule has 2 aromatic rings. The van der Waals surface area contributed by atoms with E-state index in [4.69, 9.17) is 12.2 Å². The summed E-state index contributed by atoms with van der Waals surface area (Å²) in [4.78, 5) is 4.61. The third kappa shape index (κ3) is 1.90. The molecule has 2 aromatic heterocycles. The first kappa shape index (κ1) is 11.0. The van der Waals surface area contributed by atoms with Crippen LogP contribution in [0.15, 0.2) is 12.1 Å². The zero-order valence-electron chi connectivity index (χ0n) is 10.1. The van der Waals surface area contributed by atoms with E-state index in [0.29, 0.717) is 5.92 Å². The van der Waals surface area contributed by atoms with E-state index in [1.165, 1.54) is 31.4 Å². The lowest BCUT2D eigenvalue weighted by Crippen LogP contribution is -1.97. The van der Waals surface area contributed by atoms with Crippen molar-refractivity contribution in [1.82, 2.24) is 14.6 Å². The molecule has 0 aliphatic heterocycles. The van der Waals surface area contributed by atoms with E-state index in [1.54, 1.807) is 0 Å². The van der Waals surface area contributed by atoms with E-state index in [1.807, 2.05) is 10.6 Å². The molecule has 17 heavy (non-hydrogen) atoms. The minimum atomic E-state index is 0.677. The smallest absolute Gasteiger partial charge is 0.154 e. The van der Waals surface area contributed by atoms with Gasteiger partial charge in [-0.05, 0) is 25.3 Å². The molecule has 0 radical (unpaired) electrons. The number of rotatable bonds is 2. The molecule has 3 rings (SSSR count). The largest absolute Gasteiger partial charge is 0.295 e. The summed E-state index contributed by atoms with van der Waals surface area (Å²) < 4.78 is 2.76. The SMILES string of the molecule is CCc1cc(=S)n2[nH]c(C3CCCC3)cc2n1. The summed E-state index contributed by atoms with van der Waals surface area (Å²) in [5.74, 6) is 0.677. The fraction of sp³-hybridized carbons (Fsp3) is 0.538. The first-order valence-electron chi connectivity index (χ1n) is 6.39. The molecule has 0 atom stereocenters. The second-order valence-electron chi connectivity index (χ2n) is 4.83. The number of H-pyrrole nitrogens is 1. The summed E-state index contributed by atoms with van der Waals surface area (Å²) in [6.45, 7) is 2.11. The Labute approximate surface area is 106 Å². The van der Waals surface area contributed by atoms with Crippen LogP contribution < -0.4 is 0 Å². The Kier molecular flexibility index (Phi) is 2.74. The number of aryl methyl sites for hydroxylation is 1. The van der Waals surface area contributed by atoms with Gasteiger partial charge >= 0.3 is 0 Å². The van der Waals surface area contributed by atoms with Gasteiger partial charge in [0.1, 0.15) is 4.64 Å². The number of nitrogens with zero attached hydrogens (tertiary/aromatic N) is 2. The highest BCUT2D eigenvalue weighted by atomic mass is 32.1. The summed E-state index contributed by atoms with van der Waals surface area (Å²) in [5.41, 5.74) is 3.34. The van der Waals surface area contributed by atoms with Crippen LogP contribution in [0.5, 0.6) is 0 Å². The van der Waals surface area contributed by atoms with Crippen molar-refractivity contribution < 1.29 is 0 Å². The van der Waals surface area contributed by atoms with E-state index in [0.717, 1.165) is 22.4 Å². The van der Waals surface area contributed by atoms with Gasteiger partial charge in [-0.2, -0.15) is 0 Å². The normalized spacial score (nSPS) is 17.0. The van der Waals surface area contributed by atoms with E-state index in [2.05, 4.69) is 23.1 Å². The minimum absolute atomic E-state index is 0.677. The van der Waals surface area contributed by atoms with Crippen LogP contribution in [0.25, 0.3) is 5.65 Å². The maximum atomic E-state index is 5.39. The van der Waals surface area contributed by atoms with Gasteiger partial charge in [-0.25, -0.2) is 9.50 Å². The van der Waals surface area contributed by atoms with Gasteiger partial charge in [0.25, 0.3) is 0 Å². The average Bonchev–Trinajstić information content (AvgIpc) is 2.96. The molecule has 0 spiro atoms. The predicted molar refractivity (Wildman–Crippen MR) is 71.0 cm³/mol. The molecule has 1 saturated carbocycles. The van der Waals surface area contributed by atoms with Gasteiger partial charge < -0.3 is 0 Å². The van der Waals surface area contributed by atoms with Gasteiger partial charge in [0.15, 0.2) is 5.65 Å². The third-order valence-electron chi connectivity index (χ3n) is 3.68. The molecular weight excluding hydrogens is 230 g/mol. The van der Waals surface area contributed by atoms with Crippen LogP contribution in [0.4, 0.5) is 0 Å². The van der Waals surface area contributed by atoms with E-state index in [9.17, 15) is 0 Å². The molecule has 3 nitrogen and oxygen atoms in total. The Bertz CT molecular complexity index is 590. The Morgan fingerprint density at radius 1 is 1.41 bits per heavy atom. The van der Waals surface area contributed by atoms with Crippen molar-refractivity contribution in [2.24, 2.45) is 0 Å². The highest BCUT2D eigenvalue weighted by Gasteiger charge is 2.19. The molecule has 4 heteroatoms. The third-order valence-corrected chi connectivity index (χ3v) is 3.98. The maximum Gasteiger partial charge on any atom is 0.154 e. The zero-order valence-corrected chi connectivity index (χ0v) is 10.9. The van der Waals surface area contributed by atoms with Crippen LogP contribution >= 0.6 is 12.2 Å². The van der Waals surface area contributed by atoms with Gasteiger partial charge in [0.05, 0.1) is 0 Å². The van der Waals surface area contributed by atoms with Crippen molar-refractivity contribution in [2.45, 2.75) is 44.9 Å². The Morgan fingerprint density at radius 3 is 2.88 bits per heavy atom. The molecule has 1 aliphatic carbocycles. The Balaban J connectivity index is 2.11. The van der Waals surface area contributed by atoms with E-state index >= 15 is 0 Å². The molecule has 0 saturated heterocycles.